The molecule has 0 saturated carbocycles. The van der Waals surface area contributed by atoms with E-state index in [0.29, 0.717) is 11.3 Å². The third-order valence-electron chi connectivity index (χ3n) is 4.16. The maximum Gasteiger partial charge on any atom is 0.253 e. The monoisotopic (exact) mass is 390 g/mol. The number of para-hydroxylation sites is 1. The molecule has 0 fully saturated rings. The molecule has 1 amide bonds. The van der Waals surface area contributed by atoms with E-state index in [1.54, 1.807) is 44.2 Å². The summed E-state index contributed by atoms with van der Waals surface area (Å²) in [6, 6.07) is 16.3. The fourth-order valence-electron chi connectivity index (χ4n) is 2.41. The first kappa shape index (κ1) is 20.9. The summed E-state index contributed by atoms with van der Waals surface area (Å²) in [7, 11) is -3.32. The van der Waals surface area contributed by atoms with Crippen molar-refractivity contribution in [3.63, 3.8) is 0 Å². The van der Waals surface area contributed by atoms with Gasteiger partial charge in [-0.1, -0.05) is 43.3 Å². The molecule has 0 bridgehead atoms. The summed E-state index contributed by atoms with van der Waals surface area (Å²) in [5.74, 6) is 0.312. The zero-order valence-corrected chi connectivity index (χ0v) is 16.6. The van der Waals surface area contributed by atoms with Crippen molar-refractivity contribution < 1.29 is 17.9 Å². The van der Waals surface area contributed by atoms with Gasteiger partial charge in [-0.2, -0.15) is 0 Å². The van der Waals surface area contributed by atoms with Gasteiger partial charge in [0.25, 0.3) is 5.91 Å². The Morgan fingerprint density at radius 2 is 1.63 bits per heavy atom. The van der Waals surface area contributed by atoms with Crippen LogP contribution in [-0.2, 0) is 10.0 Å². The summed E-state index contributed by atoms with van der Waals surface area (Å²) < 4.78 is 32.2. The number of sulfonamides is 1. The fraction of sp³-hybridized carbons (Fsp3) is 0.350. The molecule has 0 heterocycles. The van der Waals surface area contributed by atoms with E-state index in [1.165, 1.54) is 0 Å². The molecule has 0 radical (unpaired) electrons. The molecule has 2 N–H and O–H groups in total. The van der Waals surface area contributed by atoms with E-state index in [1.807, 2.05) is 31.2 Å². The average Bonchev–Trinajstić information content (AvgIpc) is 2.67. The maximum atomic E-state index is 12.1. The lowest BCUT2D eigenvalue weighted by atomic mass is 10.0. The minimum atomic E-state index is -3.32. The summed E-state index contributed by atoms with van der Waals surface area (Å²) in [6.45, 7) is 5.50. The topological polar surface area (TPSA) is 84.5 Å². The van der Waals surface area contributed by atoms with Crippen LogP contribution in [0, 0.1) is 0 Å². The minimum Gasteiger partial charge on any atom is -0.473 e. The number of ether oxygens (including phenoxy) is 1. The van der Waals surface area contributed by atoms with Crippen LogP contribution in [0.25, 0.3) is 0 Å². The summed E-state index contributed by atoms with van der Waals surface area (Å²) in [5, 5.41) is 2.23. The Hall–Kier alpha value is -2.38. The van der Waals surface area contributed by atoms with Crippen molar-refractivity contribution in [2.45, 2.75) is 31.9 Å². The van der Waals surface area contributed by atoms with Gasteiger partial charge in [-0.05, 0) is 43.5 Å². The average molecular weight is 391 g/mol. The van der Waals surface area contributed by atoms with E-state index in [-0.39, 0.29) is 25.1 Å². The van der Waals surface area contributed by atoms with E-state index in [0.717, 1.165) is 5.56 Å². The number of carbonyl (C=O) groups is 1. The highest BCUT2D eigenvalue weighted by Crippen LogP contribution is 2.26. The molecule has 6 nitrogen and oxygen atoms in total. The van der Waals surface area contributed by atoms with Gasteiger partial charge in [0.1, 0.15) is 5.75 Å². The van der Waals surface area contributed by atoms with Crippen molar-refractivity contribution in [3.05, 3.63) is 65.7 Å². The van der Waals surface area contributed by atoms with Crippen molar-refractivity contribution in [3.8, 4) is 5.75 Å². The van der Waals surface area contributed by atoms with Gasteiger partial charge < -0.3 is 10.1 Å². The van der Waals surface area contributed by atoms with Crippen LogP contribution in [0.4, 0.5) is 0 Å². The molecule has 2 rings (SSSR count). The van der Waals surface area contributed by atoms with Gasteiger partial charge >= 0.3 is 0 Å². The number of carbonyl (C=O) groups excluding carboxylic acids is 1. The number of hydrogen-bond acceptors (Lipinski definition) is 4. The highest BCUT2D eigenvalue weighted by Gasteiger charge is 2.18. The van der Waals surface area contributed by atoms with Crippen molar-refractivity contribution >= 4 is 15.9 Å². The summed E-state index contributed by atoms with van der Waals surface area (Å²) in [6.07, 6.45) is 0. The molecule has 0 aromatic heterocycles. The Kier molecular flexibility index (Phi) is 7.38. The summed E-state index contributed by atoms with van der Waals surface area (Å²) in [5.41, 5.74) is 1.43. The third kappa shape index (κ3) is 6.08. The molecular weight excluding hydrogens is 364 g/mol. The molecule has 2 aromatic carbocycles. The Morgan fingerprint density at radius 3 is 2.30 bits per heavy atom. The van der Waals surface area contributed by atoms with Gasteiger partial charge in [-0.3, -0.25) is 4.79 Å². The number of benzene rings is 2. The van der Waals surface area contributed by atoms with Gasteiger partial charge in [-0.15, -0.1) is 0 Å². The standard InChI is InChI=1S/C20H26N2O4S/c1-15(2)27(24,25)22-13-16(3)18-11-7-8-12-19(18)26-14-21-20(23)17-9-5-4-6-10-17/h4-12,15-16,22H,13-14H2,1-3H3,(H,21,23). The number of amides is 1. The molecule has 2 aromatic rings. The van der Waals surface area contributed by atoms with Gasteiger partial charge in [0, 0.05) is 12.1 Å². The molecule has 0 aliphatic heterocycles. The number of rotatable bonds is 9. The van der Waals surface area contributed by atoms with Crippen LogP contribution in [-0.4, -0.2) is 32.9 Å². The van der Waals surface area contributed by atoms with Gasteiger partial charge in [0.2, 0.25) is 10.0 Å². The van der Waals surface area contributed by atoms with Crippen LogP contribution in [0.15, 0.2) is 54.6 Å². The van der Waals surface area contributed by atoms with Crippen LogP contribution in [0.1, 0.15) is 42.6 Å². The molecule has 0 saturated heterocycles. The van der Waals surface area contributed by atoms with E-state index in [4.69, 9.17) is 4.74 Å². The SMILES string of the molecule is CC(CNS(=O)(=O)C(C)C)c1ccccc1OCNC(=O)c1ccccc1. The smallest absolute Gasteiger partial charge is 0.253 e. The van der Waals surface area contributed by atoms with Gasteiger partial charge in [0.05, 0.1) is 5.25 Å². The van der Waals surface area contributed by atoms with Crippen LogP contribution in [0.3, 0.4) is 0 Å². The van der Waals surface area contributed by atoms with E-state index >= 15 is 0 Å². The predicted octanol–water partition coefficient (Wildman–Crippen LogP) is 2.88. The van der Waals surface area contributed by atoms with Crippen LogP contribution in [0.5, 0.6) is 5.75 Å². The summed E-state index contributed by atoms with van der Waals surface area (Å²) in [4.78, 5) is 12.1. The number of nitrogens with one attached hydrogen (secondary N) is 2. The molecular formula is C20H26N2O4S. The molecule has 0 aliphatic rings. The second-order valence-electron chi connectivity index (χ2n) is 6.54. The maximum absolute atomic E-state index is 12.1. The van der Waals surface area contributed by atoms with E-state index in [9.17, 15) is 13.2 Å². The van der Waals surface area contributed by atoms with Crippen molar-refractivity contribution in [1.82, 2.24) is 10.0 Å². The zero-order chi connectivity index (χ0) is 19.9. The molecule has 0 spiro atoms. The minimum absolute atomic E-state index is 0.0230. The van der Waals surface area contributed by atoms with Crippen LogP contribution >= 0.6 is 0 Å². The predicted molar refractivity (Wildman–Crippen MR) is 106 cm³/mol. The molecule has 1 unspecified atom stereocenters. The van der Waals surface area contributed by atoms with Crippen molar-refractivity contribution in [1.29, 1.82) is 0 Å². The first-order valence-electron chi connectivity index (χ1n) is 8.84. The highest BCUT2D eigenvalue weighted by molar-refractivity contribution is 7.90. The molecule has 146 valence electrons. The molecule has 0 aliphatic carbocycles. The first-order chi connectivity index (χ1) is 12.8. The van der Waals surface area contributed by atoms with Gasteiger partial charge in [-0.25, -0.2) is 13.1 Å². The zero-order valence-electron chi connectivity index (χ0n) is 15.8. The van der Waals surface area contributed by atoms with E-state index in [2.05, 4.69) is 10.0 Å². The lowest BCUT2D eigenvalue weighted by Crippen LogP contribution is -2.33. The Balaban J connectivity index is 1.95. The Labute approximate surface area is 161 Å². The molecule has 27 heavy (non-hydrogen) atoms. The molecule has 1 atom stereocenters. The van der Waals surface area contributed by atoms with Crippen molar-refractivity contribution in [2.24, 2.45) is 0 Å². The fourth-order valence-corrected chi connectivity index (χ4v) is 3.22. The normalized spacial score (nSPS) is 12.6. The third-order valence-corrected chi connectivity index (χ3v) is 5.97. The lowest BCUT2D eigenvalue weighted by molar-refractivity contribution is 0.0918. The second-order valence-corrected chi connectivity index (χ2v) is 8.86. The first-order valence-corrected chi connectivity index (χ1v) is 10.4. The molecule has 7 heteroatoms. The highest BCUT2D eigenvalue weighted by atomic mass is 32.2. The van der Waals surface area contributed by atoms with E-state index < -0.39 is 15.3 Å². The Bertz CT molecular complexity index is 851. The Morgan fingerprint density at radius 1 is 1.00 bits per heavy atom. The van der Waals surface area contributed by atoms with Crippen LogP contribution in [0.2, 0.25) is 0 Å². The summed E-state index contributed by atoms with van der Waals surface area (Å²) >= 11 is 0. The van der Waals surface area contributed by atoms with Crippen molar-refractivity contribution in [2.75, 3.05) is 13.3 Å². The van der Waals surface area contributed by atoms with Gasteiger partial charge in [0.15, 0.2) is 6.73 Å². The quantitative estimate of drug-likeness (QED) is 0.645. The second kappa shape index (κ2) is 9.53. The number of hydrogen-bond donors (Lipinski definition) is 2. The largest absolute Gasteiger partial charge is 0.473 e. The van der Waals surface area contributed by atoms with Crippen LogP contribution < -0.4 is 14.8 Å². The lowest BCUT2D eigenvalue weighted by Gasteiger charge is -2.18.